The van der Waals surface area contributed by atoms with E-state index in [1.807, 2.05) is 13.8 Å². The van der Waals surface area contributed by atoms with Crippen LogP contribution in [-0.4, -0.2) is 56.9 Å². The molecule has 0 atom stereocenters. The highest BCUT2D eigenvalue weighted by atomic mass is 32.2. The summed E-state index contributed by atoms with van der Waals surface area (Å²) in [5.41, 5.74) is 0. The number of nitrogens with one attached hydrogen (secondary N) is 1. The second-order valence-corrected chi connectivity index (χ2v) is 6.25. The highest BCUT2D eigenvalue weighted by Gasteiger charge is 2.27. The molecule has 6 heteroatoms. The van der Waals surface area contributed by atoms with Crippen molar-refractivity contribution < 1.29 is 13.2 Å². The monoisotopic (exact) mass is 248 g/mol. The van der Waals surface area contributed by atoms with Crippen molar-refractivity contribution in [1.82, 2.24) is 10.2 Å². The molecule has 0 unspecified atom stereocenters. The average Bonchev–Trinajstić information content (AvgIpc) is 2.13. The van der Waals surface area contributed by atoms with Crippen LogP contribution in [0.5, 0.6) is 0 Å². The average molecular weight is 248 g/mol. The number of nitrogens with zero attached hydrogens (tertiary/aromatic N) is 1. The van der Waals surface area contributed by atoms with E-state index >= 15 is 0 Å². The van der Waals surface area contributed by atoms with Gasteiger partial charge in [-0.15, -0.1) is 0 Å². The summed E-state index contributed by atoms with van der Waals surface area (Å²) in [5.74, 6) is -0.301. The number of hydrogen-bond acceptors (Lipinski definition) is 4. The lowest BCUT2D eigenvalue weighted by atomic mass is 10.1. The van der Waals surface area contributed by atoms with E-state index in [-0.39, 0.29) is 23.3 Å². The molecular weight excluding hydrogens is 228 g/mol. The zero-order valence-corrected chi connectivity index (χ0v) is 10.7. The Morgan fingerprint density at radius 3 is 2.25 bits per heavy atom. The Morgan fingerprint density at radius 1 is 1.31 bits per heavy atom. The number of sulfone groups is 1. The number of hydrogen-bond donors (Lipinski definition) is 1. The van der Waals surface area contributed by atoms with E-state index in [0.717, 1.165) is 13.1 Å². The number of carbonyl (C=O) groups is 1. The zero-order chi connectivity index (χ0) is 12.2. The highest BCUT2D eigenvalue weighted by molar-refractivity contribution is 7.92. The van der Waals surface area contributed by atoms with Gasteiger partial charge in [0.15, 0.2) is 9.84 Å². The van der Waals surface area contributed by atoms with Crippen LogP contribution in [0.2, 0.25) is 0 Å². The topological polar surface area (TPSA) is 66.5 Å². The first kappa shape index (κ1) is 13.4. The van der Waals surface area contributed by atoms with Gasteiger partial charge in [-0.2, -0.15) is 0 Å². The van der Waals surface area contributed by atoms with Gasteiger partial charge in [-0.05, 0) is 19.8 Å². The van der Waals surface area contributed by atoms with E-state index in [4.69, 9.17) is 0 Å². The summed E-state index contributed by atoms with van der Waals surface area (Å²) in [6.07, 6.45) is 0. The van der Waals surface area contributed by atoms with Crippen LogP contribution < -0.4 is 5.32 Å². The third-order valence-electron chi connectivity index (χ3n) is 2.82. The lowest BCUT2D eigenvalue weighted by Crippen LogP contribution is -2.47. The first-order chi connectivity index (χ1) is 7.48. The molecule has 1 aliphatic rings. The van der Waals surface area contributed by atoms with Crippen molar-refractivity contribution in [3.63, 3.8) is 0 Å². The highest BCUT2D eigenvalue weighted by Crippen LogP contribution is 2.08. The smallest absolute Gasteiger partial charge is 0.237 e. The van der Waals surface area contributed by atoms with Gasteiger partial charge in [-0.3, -0.25) is 4.79 Å². The molecule has 1 heterocycles. The Morgan fingerprint density at radius 2 is 1.88 bits per heavy atom. The molecule has 0 radical (unpaired) electrons. The van der Waals surface area contributed by atoms with Crippen LogP contribution in [0, 0.1) is 5.92 Å². The molecule has 0 aromatic rings. The fourth-order valence-electron chi connectivity index (χ4n) is 1.74. The maximum atomic E-state index is 11.7. The molecule has 1 amide bonds. The van der Waals surface area contributed by atoms with Crippen LogP contribution in [-0.2, 0) is 14.6 Å². The molecule has 0 aromatic heterocycles. The summed E-state index contributed by atoms with van der Waals surface area (Å²) in [5, 5.41) is 3.02. The summed E-state index contributed by atoms with van der Waals surface area (Å²) in [4.78, 5) is 13.2. The molecule has 0 bridgehead atoms. The number of carbonyl (C=O) groups excluding carboxylic acids is 1. The molecule has 16 heavy (non-hydrogen) atoms. The Hall–Kier alpha value is -0.620. The number of amides is 1. The van der Waals surface area contributed by atoms with Crippen molar-refractivity contribution in [2.45, 2.75) is 13.8 Å². The standard InChI is InChI=1S/C10H20N2O3S/c1-3-12(4-2)10(13)8-16(14,15)7-9-5-11-6-9/h9,11H,3-8H2,1-2H3. The van der Waals surface area contributed by atoms with E-state index in [1.54, 1.807) is 4.90 Å². The molecule has 1 N–H and O–H groups in total. The van der Waals surface area contributed by atoms with E-state index in [0.29, 0.717) is 13.1 Å². The van der Waals surface area contributed by atoms with Gasteiger partial charge < -0.3 is 10.2 Å². The first-order valence-corrected chi connectivity index (χ1v) is 7.49. The van der Waals surface area contributed by atoms with Gasteiger partial charge in [0.25, 0.3) is 0 Å². The van der Waals surface area contributed by atoms with Crippen LogP contribution >= 0.6 is 0 Å². The minimum absolute atomic E-state index is 0.132. The number of rotatable bonds is 6. The SMILES string of the molecule is CCN(CC)C(=O)CS(=O)(=O)CC1CNC1. The molecule has 0 aromatic carbocycles. The molecule has 1 fully saturated rings. The Kier molecular flexibility index (Phi) is 4.73. The van der Waals surface area contributed by atoms with Gasteiger partial charge >= 0.3 is 0 Å². The molecule has 1 aliphatic heterocycles. The van der Waals surface area contributed by atoms with Gasteiger partial charge in [0, 0.05) is 26.2 Å². The predicted molar refractivity (Wildman–Crippen MR) is 62.9 cm³/mol. The lowest BCUT2D eigenvalue weighted by Gasteiger charge is -2.27. The maximum Gasteiger partial charge on any atom is 0.237 e. The van der Waals surface area contributed by atoms with Crippen molar-refractivity contribution in [2.24, 2.45) is 5.92 Å². The second-order valence-electron chi connectivity index (χ2n) is 4.14. The van der Waals surface area contributed by atoms with Gasteiger partial charge in [-0.25, -0.2) is 8.42 Å². The van der Waals surface area contributed by atoms with Crippen molar-refractivity contribution in [3.8, 4) is 0 Å². The third-order valence-corrected chi connectivity index (χ3v) is 4.48. The Bertz CT molecular complexity index is 332. The maximum absolute atomic E-state index is 11.7. The summed E-state index contributed by atoms with van der Waals surface area (Å²) in [7, 11) is -3.24. The van der Waals surface area contributed by atoms with Crippen LogP contribution in [0.25, 0.3) is 0 Å². The quantitative estimate of drug-likeness (QED) is 0.687. The molecule has 0 aliphatic carbocycles. The molecule has 0 spiro atoms. The van der Waals surface area contributed by atoms with Crippen molar-refractivity contribution >= 4 is 15.7 Å². The van der Waals surface area contributed by atoms with Crippen LogP contribution in [0.1, 0.15) is 13.8 Å². The lowest BCUT2D eigenvalue weighted by molar-refractivity contribution is -0.128. The largest absolute Gasteiger partial charge is 0.342 e. The van der Waals surface area contributed by atoms with Crippen molar-refractivity contribution in [1.29, 1.82) is 0 Å². The normalized spacial score (nSPS) is 16.9. The van der Waals surface area contributed by atoms with Gasteiger partial charge in [0.05, 0.1) is 5.75 Å². The van der Waals surface area contributed by atoms with Gasteiger partial charge in [0.1, 0.15) is 5.75 Å². The van der Waals surface area contributed by atoms with E-state index in [1.165, 1.54) is 0 Å². The van der Waals surface area contributed by atoms with Crippen LogP contribution in [0.4, 0.5) is 0 Å². The minimum Gasteiger partial charge on any atom is -0.342 e. The molecular formula is C10H20N2O3S. The van der Waals surface area contributed by atoms with E-state index < -0.39 is 9.84 Å². The summed E-state index contributed by atoms with van der Waals surface area (Å²) >= 11 is 0. The van der Waals surface area contributed by atoms with Gasteiger partial charge in [0.2, 0.25) is 5.91 Å². The second kappa shape index (κ2) is 5.63. The van der Waals surface area contributed by atoms with Crippen LogP contribution in [0.3, 0.4) is 0 Å². The van der Waals surface area contributed by atoms with Crippen molar-refractivity contribution in [2.75, 3.05) is 37.7 Å². The summed E-state index contributed by atoms with van der Waals surface area (Å²) in [6.45, 7) is 6.33. The Labute approximate surface area is 97.1 Å². The minimum atomic E-state index is -3.24. The summed E-state index contributed by atoms with van der Waals surface area (Å²) in [6, 6.07) is 0. The molecule has 0 saturated carbocycles. The molecule has 1 saturated heterocycles. The summed E-state index contributed by atoms with van der Waals surface area (Å²) < 4.78 is 23.4. The van der Waals surface area contributed by atoms with E-state index in [2.05, 4.69) is 5.32 Å². The molecule has 1 rings (SSSR count). The van der Waals surface area contributed by atoms with Gasteiger partial charge in [-0.1, -0.05) is 0 Å². The van der Waals surface area contributed by atoms with Crippen molar-refractivity contribution in [3.05, 3.63) is 0 Å². The predicted octanol–water partition coefficient (Wildman–Crippen LogP) is -0.511. The molecule has 94 valence electrons. The van der Waals surface area contributed by atoms with Crippen LogP contribution in [0.15, 0.2) is 0 Å². The zero-order valence-electron chi connectivity index (χ0n) is 9.90. The Balaban J connectivity index is 2.47. The first-order valence-electron chi connectivity index (χ1n) is 5.67. The fourth-order valence-corrected chi connectivity index (χ4v) is 3.37. The fraction of sp³-hybridized carbons (Fsp3) is 0.900. The van der Waals surface area contributed by atoms with E-state index in [9.17, 15) is 13.2 Å². The molecule has 5 nitrogen and oxygen atoms in total. The third kappa shape index (κ3) is 3.75.